The van der Waals surface area contributed by atoms with Crippen LogP contribution in [0.15, 0.2) is 54.6 Å². The van der Waals surface area contributed by atoms with Gasteiger partial charge in [0, 0.05) is 5.41 Å². The van der Waals surface area contributed by atoms with Crippen LogP contribution in [0.3, 0.4) is 0 Å². The third-order valence-corrected chi connectivity index (χ3v) is 5.57. The van der Waals surface area contributed by atoms with Gasteiger partial charge >= 0.3 is 0 Å². The first-order valence-corrected chi connectivity index (χ1v) is 9.22. The second-order valence-corrected chi connectivity index (χ2v) is 7.76. The summed E-state index contributed by atoms with van der Waals surface area (Å²) < 4.78 is 0. The molecule has 5 nitrogen and oxygen atoms in total. The zero-order valence-corrected chi connectivity index (χ0v) is 15.9. The molecular formula is C20H22N4OS. The Morgan fingerprint density at radius 3 is 2.38 bits per heavy atom. The topological polar surface area (TPSA) is 80.9 Å². The van der Waals surface area contributed by atoms with Gasteiger partial charge in [-0.1, -0.05) is 71.5 Å². The summed E-state index contributed by atoms with van der Waals surface area (Å²) in [4.78, 5) is 12.4. The molecule has 1 atom stereocenters. The first-order chi connectivity index (χ1) is 12.4. The molecule has 1 unspecified atom stereocenters. The Hall–Kier alpha value is -2.57. The van der Waals surface area contributed by atoms with Gasteiger partial charge in [-0.2, -0.15) is 0 Å². The molecule has 0 bridgehead atoms. The summed E-state index contributed by atoms with van der Waals surface area (Å²) in [6, 6.07) is 17.0. The SMILES string of the molecule is Cc1ccc(C(N)C(=O)Nc2nnc(C(C)(C)c3ccccc3)s2)cc1. The summed E-state index contributed by atoms with van der Waals surface area (Å²) in [5.74, 6) is -0.297. The number of nitrogens with zero attached hydrogens (tertiary/aromatic N) is 2. The molecule has 0 spiro atoms. The number of aromatic nitrogens is 2. The number of rotatable bonds is 5. The largest absolute Gasteiger partial charge is 0.316 e. The highest BCUT2D eigenvalue weighted by atomic mass is 32.1. The van der Waals surface area contributed by atoms with Crippen molar-refractivity contribution in [3.63, 3.8) is 0 Å². The molecule has 3 rings (SSSR count). The number of nitrogens with two attached hydrogens (primary N) is 1. The number of anilines is 1. The van der Waals surface area contributed by atoms with E-state index in [1.807, 2.05) is 49.4 Å². The molecule has 0 aliphatic heterocycles. The van der Waals surface area contributed by atoms with E-state index < -0.39 is 6.04 Å². The zero-order chi connectivity index (χ0) is 18.7. The normalized spacial score (nSPS) is 12.6. The molecular weight excluding hydrogens is 344 g/mol. The van der Waals surface area contributed by atoms with E-state index in [4.69, 9.17) is 5.73 Å². The van der Waals surface area contributed by atoms with Crippen LogP contribution in [0.1, 0.15) is 41.6 Å². The Kier molecular flexibility index (Phi) is 5.15. The molecule has 0 saturated carbocycles. The van der Waals surface area contributed by atoms with Crippen LogP contribution in [-0.4, -0.2) is 16.1 Å². The smallest absolute Gasteiger partial charge is 0.247 e. The lowest BCUT2D eigenvalue weighted by Crippen LogP contribution is -2.27. The molecule has 0 radical (unpaired) electrons. The molecule has 1 aromatic heterocycles. The van der Waals surface area contributed by atoms with Crippen LogP contribution >= 0.6 is 11.3 Å². The number of amides is 1. The summed E-state index contributed by atoms with van der Waals surface area (Å²) >= 11 is 1.37. The maximum atomic E-state index is 12.4. The van der Waals surface area contributed by atoms with Crippen LogP contribution in [0.4, 0.5) is 5.13 Å². The minimum Gasteiger partial charge on any atom is -0.316 e. The van der Waals surface area contributed by atoms with Gasteiger partial charge in [0.05, 0.1) is 0 Å². The number of nitrogens with one attached hydrogen (secondary N) is 1. The van der Waals surface area contributed by atoms with E-state index in [0.29, 0.717) is 5.13 Å². The first-order valence-electron chi connectivity index (χ1n) is 8.40. The third kappa shape index (κ3) is 3.81. The number of hydrogen-bond acceptors (Lipinski definition) is 5. The molecule has 0 aliphatic rings. The molecule has 2 aromatic carbocycles. The minimum atomic E-state index is -0.745. The highest BCUT2D eigenvalue weighted by Gasteiger charge is 2.28. The van der Waals surface area contributed by atoms with E-state index in [1.54, 1.807) is 0 Å². The van der Waals surface area contributed by atoms with Gasteiger partial charge in [0.1, 0.15) is 11.0 Å². The second kappa shape index (κ2) is 7.35. The average Bonchev–Trinajstić information content (AvgIpc) is 3.12. The van der Waals surface area contributed by atoms with Crippen LogP contribution in [0, 0.1) is 6.92 Å². The molecule has 26 heavy (non-hydrogen) atoms. The lowest BCUT2D eigenvalue weighted by molar-refractivity contribution is -0.117. The number of carbonyl (C=O) groups is 1. The van der Waals surface area contributed by atoms with Crippen molar-refractivity contribution in [3.05, 3.63) is 76.3 Å². The van der Waals surface area contributed by atoms with E-state index in [9.17, 15) is 4.79 Å². The maximum absolute atomic E-state index is 12.4. The summed E-state index contributed by atoms with van der Waals surface area (Å²) in [5, 5.41) is 12.5. The molecule has 0 fully saturated rings. The van der Waals surface area contributed by atoms with E-state index >= 15 is 0 Å². The van der Waals surface area contributed by atoms with Crippen LogP contribution < -0.4 is 11.1 Å². The number of carbonyl (C=O) groups excluding carboxylic acids is 1. The van der Waals surface area contributed by atoms with E-state index in [-0.39, 0.29) is 11.3 Å². The number of aryl methyl sites for hydroxylation is 1. The molecule has 6 heteroatoms. The summed E-state index contributed by atoms with van der Waals surface area (Å²) in [7, 11) is 0. The highest BCUT2D eigenvalue weighted by Crippen LogP contribution is 2.34. The van der Waals surface area contributed by atoms with Gasteiger partial charge in [-0.3, -0.25) is 10.1 Å². The maximum Gasteiger partial charge on any atom is 0.247 e. The lowest BCUT2D eigenvalue weighted by atomic mass is 9.85. The highest BCUT2D eigenvalue weighted by molar-refractivity contribution is 7.15. The van der Waals surface area contributed by atoms with Crippen molar-refractivity contribution in [2.75, 3.05) is 5.32 Å². The van der Waals surface area contributed by atoms with Crippen molar-refractivity contribution in [2.24, 2.45) is 5.73 Å². The van der Waals surface area contributed by atoms with Crippen molar-refractivity contribution >= 4 is 22.4 Å². The fraction of sp³-hybridized carbons (Fsp3) is 0.250. The predicted molar refractivity (Wildman–Crippen MR) is 105 cm³/mol. The molecule has 1 heterocycles. The lowest BCUT2D eigenvalue weighted by Gasteiger charge is -2.21. The van der Waals surface area contributed by atoms with E-state index in [1.165, 1.54) is 11.3 Å². The van der Waals surface area contributed by atoms with E-state index in [0.717, 1.165) is 21.7 Å². The van der Waals surface area contributed by atoms with Crippen LogP contribution in [-0.2, 0) is 10.2 Å². The number of hydrogen-bond donors (Lipinski definition) is 2. The summed E-state index contributed by atoms with van der Waals surface area (Å²) in [6.45, 7) is 6.17. The zero-order valence-electron chi connectivity index (χ0n) is 15.1. The Bertz CT molecular complexity index is 888. The second-order valence-electron chi connectivity index (χ2n) is 6.78. The van der Waals surface area contributed by atoms with Crippen molar-refractivity contribution in [3.8, 4) is 0 Å². The molecule has 1 amide bonds. The monoisotopic (exact) mass is 366 g/mol. The fourth-order valence-electron chi connectivity index (χ4n) is 2.61. The molecule has 0 aliphatic carbocycles. The van der Waals surface area contributed by atoms with Crippen LogP contribution in [0.25, 0.3) is 0 Å². The molecule has 3 aromatic rings. The quantitative estimate of drug-likeness (QED) is 0.719. The Balaban J connectivity index is 1.74. The minimum absolute atomic E-state index is 0.291. The molecule has 134 valence electrons. The Labute approximate surface area is 157 Å². The van der Waals surface area contributed by atoms with Gasteiger partial charge < -0.3 is 5.73 Å². The van der Waals surface area contributed by atoms with Gasteiger partial charge in [0.15, 0.2) is 0 Å². The van der Waals surface area contributed by atoms with Crippen LogP contribution in [0.5, 0.6) is 0 Å². The average molecular weight is 366 g/mol. The van der Waals surface area contributed by atoms with Gasteiger partial charge in [-0.25, -0.2) is 0 Å². The van der Waals surface area contributed by atoms with Gasteiger partial charge in [0.2, 0.25) is 11.0 Å². The third-order valence-electron chi connectivity index (χ3n) is 4.40. The first kappa shape index (κ1) is 18.2. The fourth-order valence-corrected chi connectivity index (χ4v) is 3.48. The number of benzene rings is 2. The predicted octanol–water partition coefficient (Wildman–Crippen LogP) is 3.81. The summed E-state index contributed by atoms with van der Waals surface area (Å²) in [5.41, 5.74) is 8.81. The summed E-state index contributed by atoms with van der Waals surface area (Å²) in [6.07, 6.45) is 0. The molecule has 0 saturated heterocycles. The Morgan fingerprint density at radius 2 is 1.73 bits per heavy atom. The van der Waals surface area contributed by atoms with Gasteiger partial charge in [0.25, 0.3) is 0 Å². The van der Waals surface area contributed by atoms with Crippen molar-refractivity contribution in [1.29, 1.82) is 0 Å². The van der Waals surface area contributed by atoms with E-state index in [2.05, 4.69) is 41.5 Å². The van der Waals surface area contributed by atoms with Crippen molar-refractivity contribution in [2.45, 2.75) is 32.2 Å². The standard InChI is InChI=1S/C20H22N4OS/c1-13-9-11-14(12-10-13)16(21)17(25)22-19-24-23-18(26-19)20(2,3)15-7-5-4-6-8-15/h4-12,16H,21H2,1-3H3,(H,22,24,25). The van der Waals surface area contributed by atoms with Crippen molar-refractivity contribution < 1.29 is 4.79 Å². The van der Waals surface area contributed by atoms with Crippen molar-refractivity contribution in [1.82, 2.24) is 10.2 Å². The molecule has 3 N–H and O–H groups in total. The van der Waals surface area contributed by atoms with Crippen LogP contribution in [0.2, 0.25) is 0 Å². The Morgan fingerprint density at radius 1 is 1.08 bits per heavy atom. The van der Waals surface area contributed by atoms with Gasteiger partial charge in [-0.15, -0.1) is 10.2 Å². The van der Waals surface area contributed by atoms with Gasteiger partial charge in [-0.05, 0) is 31.9 Å².